The van der Waals surface area contributed by atoms with E-state index in [-0.39, 0.29) is 5.60 Å². The molecule has 0 aromatic rings. The third-order valence-corrected chi connectivity index (χ3v) is 2.13. The van der Waals surface area contributed by atoms with E-state index in [0.717, 1.165) is 12.2 Å². The first-order valence-electron chi connectivity index (χ1n) is 5.87. The molecule has 1 aliphatic heterocycles. The summed E-state index contributed by atoms with van der Waals surface area (Å²) >= 11 is 0. The first kappa shape index (κ1) is 16.0. The molecule has 86 valence electrons. The van der Waals surface area contributed by atoms with Crippen molar-refractivity contribution in [2.75, 3.05) is 0 Å². The monoisotopic (exact) mass is 200 g/mol. The predicted molar refractivity (Wildman–Crippen MR) is 65.5 cm³/mol. The van der Waals surface area contributed by atoms with Gasteiger partial charge in [0, 0.05) is 0 Å². The van der Waals surface area contributed by atoms with Gasteiger partial charge in [-0.1, -0.05) is 27.7 Å². The van der Waals surface area contributed by atoms with E-state index in [0.29, 0.717) is 0 Å². The van der Waals surface area contributed by atoms with Gasteiger partial charge in [0.25, 0.3) is 0 Å². The summed E-state index contributed by atoms with van der Waals surface area (Å²) in [6, 6.07) is 0. The zero-order valence-corrected chi connectivity index (χ0v) is 11.3. The summed E-state index contributed by atoms with van der Waals surface area (Å²) in [4.78, 5) is 0. The van der Waals surface area contributed by atoms with Gasteiger partial charge >= 0.3 is 0 Å². The molecule has 0 aromatic carbocycles. The van der Waals surface area contributed by atoms with Crippen LogP contribution in [0.4, 0.5) is 0 Å². The lowest BCUT2D eigenvalue weighted by atomic mass is 9.95. The molecule has 0 saturated carbocycles. The van der Waals surface area contributed by atoms with E-state index in [2.05, 4.69) is 27.7 Å². The van der Waals surface area contributed by atoms with Gasteiger partial charge in [0.05, 0.1) is 5.76 Å². The summed E-state index contributed by atoms with van der Waals surface area (Å²) in [6.45, 7) is 16.5. The average molecular weight is 200 g/mol. The van der Waals surface area contributed by atoms with Gasteiger partial charge in [-0.15, -0.1) is 0 Å². The lowest BCUT2D eigenvalue weighted by molar-refractivity contribution is 0.0138. The van der Waals surface area contributed by atoms with Gasteiger partial charge in [0.2, 0.25) is 0 Å². The Bertz CT molecular complexity index is 166. The molecule has 0 radical (unpaired) electrons. The summed E-state index contributed by atoms with van der Waals surface area (Å²) in [5, 5.41) is 0. The Hall–Kier alpha value is -0.460. The average Bonchev–Trinajstić information content (AvgIpc) is 2.18. The van der Waals surface area contributed by atoms with Gasteiger partial charge in [-0.25, -0.2) is 0 Å². The molecule has 14 heavy (non-hydrogen) atoms. The lowest BCUT2D eigenvalue weighted by Crippen LogP contribution is -2.27. The van der Waals surface area contributed by atoms with Crippen LogP contribution in [0, 0.1) is 0 Å². The molecular weight excluding hydrogens is 172 g/mol. The van der Waals surface area contributed by atoms with Crippen LogP contribution in [0.3, 0.4) is 0 Å². The van der Waals surface area contributed by atoms with Crippen molar-refractivity contribution in [3.05, 3.63) is 11.3 Å². The van der Waals surface area contributed by atoms with Crippen molar-refractivity contribution in [3.63, 3.8) is 0 Å². The van der Waals surface area contributed by atoms with E-state index in [9.17, 15) is 0 Å². The van der Waals surface area contributed by atoms with Gasteiger partial charge in [0.1, 0.15) is 5.60 Å². The normalized spacial score (nSPS) is 18.3. The van der Waals surface area contributed by atoms with Crippen LogP contribution in [-0.2, 0) is 4.74 Å². The Morgan fingerprint density at radius 3 is 1.71 bits per heavy atom. The fourth-order valence-electron chi connectivity index (χ4n) is 1.22. The minimum absolute atomic E-state index is 0.0730. The van der Waals surface area contributed by atoms with Crippen molar-refractivity contribution in [3.8, 4) is 0 Å². The molecule has 0 bridgehead atoms. The van der Waals surface area contributed by atoms with Crippen LogP contribution in [-0.4, -0.2) is 5.60 Å². The fraction of sp³-hybridized carbons (Fsp3) is 0.846. The van der Waals surface area contributed by atoms with Crippen LogP contribution in [0.15, 0.2) is 11.3 Å². The molecule has 1 aliphatic rings. The van der Waals surface area contributed by atoms with Crippen molar-refractivity contribution in [2.24, 2.45) is 0 Å². The predicted octanol–water partition coefficient (Wildman–Crippen LogP) is 4.92. The number of ether oxygens (including phenoxy) is 1. The van der Waals surface area contributed by atoms with Gasteiger partial charge < -0.3 is 4.74 Å². The van der Waals surface area contributed by atoms with Gasteiger partial charge in [-0.3, -0.25) is 0 Å². The van der Waals surface area contributed by atoms with E-state index in [4.69, 9.17) is 4.74 Å². The Balaban J connectivity index is 0. The minimum atomic E-state index is 0.0730. The molecule has 1 heterocycles. The topological polar surface area (TPSA) is 9.23 Å². The Kier molecular flexibility index (Phi) is 9.02. The van der Waals surface area contributed by atoms with Crippen molar-refractivity contribution >= 4 is 0 Å². The zero-order valence-electron chi connectivity index (χ0n) is 11.3. The largest absolute Gasteiger partial charge is 0.493 e. The molecule has 0 saturated heterocycles. The molecule has 1 rings (SSSR count). The quantitative estimate of drug-likeness (QED) is 0.539. The van der Waals surface area contributed by atoms with Crippen molar-refractivity contribution < 1.29 is 4.74 Å². The molecule has 0 aromatic heterocycles. The van der Waals surface area contributed by atoms with Crippen LogP contribution in [0.25, 0.3) is 0 Å². The van der Waals surface area contributed by atoms with E-state index in [1.165, 1.54) is 12.0 Å². The molecule has 0 amide bonds. The van der Waals surface area contributed by atoms with Gasteiger partial charge in [-0.2, -0.15) is 0 Å². The highest BCUT2D eigenvalue weighted by Gasteiger charge is 2.24. The fourth-order valence-corrected chi connectivity index (χ4v) is 1.22. The highest BCUT2D eigenvalue weighted by atomic mass is 16.5. The van der Waals surface area contributed by atoms with E-state index >= 15 is 0 Å². The molecule has 1 nitrogen and oxygen atoms in total. The molecule has 1 heteroatoms. The first-order chi connectivity index (χ1) is 6.51. The smallest absolute Gasteiger partial charge is 0.103 e. The molecule has 0 spiro atoms. The van der Waals surface area contributed by atoms with E-state index in [1.807, 2.05) is 27.7 Å². The maximum Gasteiger partial charge on any atom is 0.103 e. The summed E-state index contributed by atoms with van der Waals surface area (Å²) in [5.74, 6) is 1.12. The van der Waals surface area contributed by atoms with Crippen LogP contribution in [0.1, 0.15) is 68.2 Å². The van der Waals surface area contributed by atoms with Crippen LogP contribution < -0.4 is 0 Å². The first-order valence-corrected chi connectivity index (χ1v) is 5.87. The second kappa shape index (κ2) is 7.90. The Labute approximate surface area is 90.5 Å². The SMILES string of the molecule is CC.CC.CC1=C(C)OC(C)(C)CC1. The molecule has 0 atom stereocenters. The van der Waals surface area contributed by atoms with Crippen LogP contribution >= 0.6 is 0 Å². The third kappa shape index (κ3) is 6.06. The standard InChI is InChI=1S/C9H16O.2C2H6/c1-7-5-6-9(3,4)10-8(7)2;2*1-2/h5-6H2,1-4H3;2*1-2H3. The molecular formula is C13H28O. The van der Waals surface area contributed by atoms with Crippen LogP contribution in [0.5, 0.6) is 0 Å². The Morgan fingerprint density at radius 2 is 1.43 bits per heavy atom. The number of hydrogen-bond acceptors (Lipinski definition) is 1. The molecule has 0 fully saturated rings. The van der Waals surface area contributed by atoms with Gasteiger partial charge in [0.15, 0.2) is 0 Å². The minimum Gasteiger partial charge on any atom is -0.493 e. The number of rotatable bonds is 0. The summed E-state index contributed by atoms with van der Waals surface area (Å²) < 4.78 is 5.67. The van der Waals surface area contributed by atoms with Crippen molar-refractivity contribution in [1.82, 2.24) is 0 Å². The number of hydrogen-bond donors (Lipinski definition) is 0. The summed E-state index contributed by atoms with van der Waals surface area (Å²) in [5.41, 5.74) is 1.48. The van der Waals surface area contributed by atoms with E-state index in [1.54, 1.807) is 0 Å². The highest BCUT2D eigenvalue weighted by Crippen LogP contribution is 2.30. The lowest BCUT2D eigenvalue weighted by Gasteiger charge is -2.32. The Morgan fingerprint density at radius 1 is 1.00 bits per heavy atom. The maximum atomic E-state index is 5.67. The second-order valence-electron chi connectivity index (χ2n) is 3.70. The maximum absolute atomic E-state index is 5.67. The van der Waals surface area contributed by atoms with Crippen molar-refractivity contribution in [2.45, 2.75) is 73.8 Å². The third-order valence-electron chi connectivity index (χ3n) is 2.13. The van der Waals surface area contributed by atoms with Gasteiger partial charge in [-0.05, 0) is 46.1 Å². The molecule has 0 aliphatic carbocycles. The molecule has 0 N–H and O–H groups in total. The summed E-state index contributed by atoms with van der Waals surface area (Å²) in [6.07, 6.45) is 2.34. The van der Waals surface area contributed by atoms with E-state index < -0.39 is 0 Å². The van der Waals surface area contributed by atoms with Crippen LogP contribution in [0.2, 0.25) is 0 Å². The summed E-state index contributed by atoms with van der Waals surface area (Å²) in [7, 11) is 0. The second-order valence-corrected chi connectivity index (χ2v) is 3.70. The highest BCUT2D eigenvalue weighted by molar-refractivity contribution is 5.08. The molecule has 0 unspecified atom stereocenters. The number of allylic oxidation sites excluding steroid dienone is 2. The van der Waals surface area contributed by atoms with Crippen molar-refractivity contribution in [1.29, 1.82) is 0 Å². The zero-order chi connectivity index (χ0) is 11.8.